The minimum absolute atomic E-state index is 0.0181. The average molecular weight is 242 g/mol. The molecule has 0 spiro atoms. The van der Waals surface area contributed by atoms with Crippen molar-refractivity contribution in [3.8, 4) is 0 Å². The normalized spacial score (nSPS) is 14.0. The Morgan fingerprint density at radius 3 is 2.62 bits per heavy atom. The first-order valence-corrected chi connectivity index (χ1v) is 6.84. The van der Waals surface area contributed by atoms with E-state index in [-0.39, 0.29) is 18.1 Å². The third-order valence-electron chi connectivity index (χ3n) is 3.51. The maximum absolute atomic E-state index is 9.47. The van der Waals surface area contributed by atoms with Gasteiger partial charge in [0.2, 0.25) is 0 Å². The van der Waals surface area contributed by atoms with Gasteiger partial charge < -0.3 is 10.4 Å². The molecule has 1 heterocycles. The summed E-state index contributed by atoms with van der Waals surface area (Å²) in [5, 5.41) is 15.0. The molecule has 1 unspecified atom stereocenters. The predicted octanol–water partition coefficient (Wildman–Crippen LogP) is 2.59. The van der Waals surface area contributed by atoms with Crippen molar-refractivity contribution in [1.82, 2.24) is 10.3 Å². The Hall–Kier alpha value is -0.450. The van der Waals surface area contributed by atoms with Crippen molar-refractivity contribution in [2.45, 2.75) is 39.7 Å². The highest BCUT2D eigenvalue weighted by Crippen LogP contribution is 2.25. The molecule has 0 amide bonds. The van der Waals surface area contributed by atoms with E-state index < -0.39 is 0 Å². The first kappa shape index (κ1) is 13.6. The molecule has 0 saturated heterocycles. The van der Waals surface area contributed by atoms with E-state index in [1.807, 2.05) is 5.51 Å². The Morgan fingerprint density at radius 2 is 2.19 bits per heavy atom. The van der Waals surface area contributed by atoms with Crippen molar-refractivity contribution >= 4 is 11.3 Å². The highest BCUT2D eigenvalue weighted by atomic mass is 32.1. The molecule has 16 heavy (non-hydrogen) atoms. The molecule has 0 aliphatic heterocycles. The van der Waals surface area contributed by atoms with E-state index in [4.69, 9.17) is 0 Å². The van der Waals surface area contributed by atoms with Crippen LogP contribution in [0.1, 0.15) is 45.3 Å². The molecule has 0 saturated carbocycles. The number of hydrogen-bond donors (Lipinski definition) is 2. The van der Waals surface area contributed by atoms with Gasteiger partial charge in [-0.1, -0.05) is 13.8 Å². The van der Waals surface area contributed by atoms with Crippen molar-refractivity contribution in [1.29, 1.82) is 0 Å². The van der Waals surface area contributed by atoms with Crippen LogP contribution in [0.5, 0.6) is 0 Å². The quantitative estimate of drug-likeness (QED) is 0.772. The number of nitrogens with zero attached hydrogens (tertiary/aromatic N) is 1. The molecule has 0 fully saturated rings. The fourth-order valence-corrected chi connectivity index (χ4v) is 2.34. The predicted molar refractivity (Wildman–Crippen MR) is 68.6 cm³/mol. The van der Waals surface area contributed by atoms with E-state index >= 15 is 0 Å². The lowest BCUT2D eigenvalue weighted by Gasteiger charge is -2.31. The summed E-state index contributed by atoms with van der Waals surface area (Å²) < 4.78 is 0. The van der Waals surface area contributed by atoms with Crippen LogP contribution in [0.2, 0.25) is 0 Å². The molecule has 1 aromatic rings. The van der Waals surface area contributed by atoms with Gasteiger partial charge in [-0.2, -0.15) is 0 Å². The molecule has 0 bridgehead atoms. The summed E-state index contributed by atoms with van der Waals surface area (Å²) in [6, 6.07) is 0.260. The Balaban J connectivity index is 2.49. The van der Waals surface area contributed by atoms with Gasteiger partial charge in [0.05, 0.1) is 11.2 Å². The van der Waals surface area contributed by atoms with Crippen LogP contribution >= 0.6 is 11.3 Å². The molecule has 1 rings (SSSR count). The molecular weight excluding hydrogens is 220 g/mol. The molecule has 4 heteroatoms. The van der Waals surface area contributed by atoms with Crippen LogP contribution in [0.15, 0.2) is 10.9 Å². The molecule has 3 nitrogen and oxygen atoms in total. The minimum Gasteiger partial charge on any atom is -0.396 e. The maximum atomic E-state index is 9.47. The Labute approximate surface area is 102 Å². The molecule has 2 N–H and O–H groups in total. The Morgan fingerprint density at radius 1 is 1.50 bits per heavy atom. The molecule has 0 aliphatic rings. The average Bonchev–Trinajstić information content (AvgIpc) is 2.85. The van der Waals surface area contributed by atoms with Crippen molar-refractivity contribution < 1.29 is 5.11 Å². The number of aromatic nitrogens is 1. The summed E-state index contributed by atoms with van der Waals surface area (Å²) in [4.78, 5) is 4.29. The topological polar surface area (TPSA) is 45.1 Å². The van der Waals surface area contributed by atoms with Gasteiger partial charge in [0, 0.05) is 30.0 Å². The zero-order chi connectivity index (χ0) is 12.0. The van der Waals surface area contributed by atoms with Gasteiger partial charge in [-0.25, -0.2) is 4.98 Å². The van der Waals surface area contributed by atoms with Crippen LogP contribution < -0.4 is 5.32 Å². The smallest absolute Gasteiger partial charge is 0.0795 e. The van der Waals surface area contributed by atoms with Crippen molar-refractivity contribution in [2.75, 3.05) is 13.2 Å². The molecule has 1 aromatic heterocycles. The van der Waals surface area contributed by atoms with Gasteiger partial charge >= 0.3 is 0 Å². The van der Waals surface area contributed by atoms with Crippen LogP contribution in [0.4, 0.5) is 0 Å². The van der Waals surface area contributed by atoms with E-state index in [0.29, 0.717) is 0 Å². The van der Waals surface area contributed by atoms with Gasteiger partial charge in [0.15, 0.2) is 0 Å². The van der Waals surface area contributed by atoms with Crippen molar-refractivity contribution in [3.63, 3.8) is 0 Å². The van der Waals surface area contributed by atoms with Crippen LogP contribution in [0.3, 0.4) is 0 Å². The Kier molecular flexibility index (Phi) is 5.38. The lowest BCUT2D eigenvalue weighted by atomic mass is 9.83. The number of rotatable bonds is 7. The second-order valence-corrected chi connectivity index (χ2v) is 5.10. The number of thiazole rings is 1. The van der Waals surface area contributed by atoms with E-state index in [1.54, 1.807) is 11.3 Å². The van der Waals surface area contributed by atoms with E-state index in [9.17, 15) is 5.11 Å². The van der Waals surface area contributed by atoms with Crippen LogP contribution in [0.25, 0.3) is 0 Å². The van der Waals surface area contributed by atoms with Crippen LogP contribution in [-0.2, 0) is 0 Å². The van der Waals surface area contributed by atoms with E-state index in [0.717, 1.165) is 25.1 Å². The standard InChI is InChI=1S/C12H22N2OS/c1-4-12(5-2,8-15)7-13-10(3)11-6-16-9-14-11/h6,9-10,13,15H,4-5,7-8H2,1-3H3. The summed E-state index contributed by atoms with van der Waals surface area (Å²) in [6.45, 7) is 7.47. The summed E-state index contributed by atoms with van der Waals surface area (Å²) in [7, 11) is 0. The minimum atomic E-state index is 0.0181. The largest absolute Gasteiger partial charge is 0.396 e. The molecule has 92 valence electrons. The lowest BCUT2D eigenvalue weighted by molar-refractivity contribution is 0.110. The summed E-state index contributed by atoms with van der Waals surface area (Å²) in [5.74, 6) is 0. The molecule has 1 atom stereocenters. The van der Waals surface area contributed by atoms with Crippen LogP contribution in [0, 0.1) is 5.41 Å². The monoisotopic (exact) mass is 242 g/mol. The van der Waals surface area contributed by atoms with E-state index in [2.05, 4.69) is 36.5 Å². The third-order valence-corrected chi connectivity index (χ3v) is 4.12. The fraction of sp³-hybridized carbons (Fsp3) is 0.750. The van der Waals surface area contributed by atoms with Gasteiger partial charge in [0.1, 0.15) is 0 Å². The molecule has 0 aliphatic carbocycles. The number of aliphatic hydroxyl groups excluding tert-OH is 1. The molecule has 0 aromatic carbocycles. The molecule has 0 radical (unpaired) electrons. The van der Waals surface area contributed by atoms with Crippen molar-refractivity contribution in [2.24, 2.45) is 5.41 Å². The Bertz CT molecular complexity index is 275. The SMILES string of the molecule is CCC(CC)(CO)CNC(C)c1cscn1. The number of nitrogens with one attached hydrogen (secondary N) is 1. The highest BCUT2D eigenvalue weighted by molar-refractivity contribution is 7.07. The third kappa shape index (κ3) is 3.27. The number of aliphatic hydroxyl groups is 1. The lowest BCUT2D eigenvalue weighted by Crippen LogP contribution is -2.37. The zero-order valence-corrected chi connectivity index (χ0v) is 11.2. The van der Waals surface area contributed by atoms with Gasteiger partial charge in [-0.05, 0) is 19.8 Å². The second-order valence-electron chi connectivity index (χ2n) is 4.38. The summed E-state index contributed by atoms with van der Waals surface area (Å²) in [5.41, 5.74) is 2.96. The highest BCUT2D eigenvalue weighted by Gasteiger charge is 2.25. The van der Waals surface area contributed by atoms with Crippen LogP contribution in [-0.4, -0.2) is 23.2 Å². The molecular formula is C12H22N2OS. The van der Waals surface area contributed by atoms with Gasteiger partial charge in [0.25, 0.3) is 0 Å². The summed E-state index contributed by atoms with van der Waals surface area (Å²) >= 11 is 1.62. The first-order chi connectivity index (χ1) is 7.67. The fourth-order valence-electron chi connectivity index (χ4n) is 1.69. The first-order valence-electron chi connectivity index (χ1n) is 5.89. The summed E-state index contributed by atoms with van der Waals surface area (Å²) in [6.07, 6.45) is 1.99. The zero-order valence-electron chi connectivity index (χ0n) is 10.4. The second kappa shape index (κ2) is 6.33. The van der Waals surface area contributed by atoms with E-state index in [1.165, 1.54) is 0 Å². The number of hydrogen-bond acceptors (Lipinski definition) is 4. The van der Waals surface area contributed by atoms with Crippen molar-refractivity contribution in [3.05, 3.63) is 16.6 Å². The van der Waals surface area contributed by atoms with Gasteiger partial charge in [-0.3, -0.25) is 0 Å². The van der Waals surface area contributed by atoms with Gasteiger partial charge in [-0.15, -0.1) is 11.3 Å². The maximum Gasteiger partial charge on any atom is 0.0795 e.